The maximum atomic E-state index is 13.1. The first-order valence-corrected chi connectivity index (χ1v) is 12.9. The summed E-state index contributed by atoms with van der Waals surface area (Å²) in [7, 11) is 1.63. The van der Waals surface area contributed by atoms with E-state index in [0.717, 1.165) is 49.2 Å². The molecule has 0 saturated carbocycles. The Morgan fingerprint density at radius 1 is 1.03 bits per heavy atom. The highest BCUT2D eigenvalue weighted by molar-refractivity contribution is 5.88. The zero-order valence-electron chi connectivity index (χ0n) is 21.8. The normalized spacial score (nSPS) is 15.7. The minimum absolute atomic E-state index is 0.0254. The molecular weight excluding hydrogens is 454 g/mol. The molecule has 7 heteroatoms. The molecule has 3 rings (SSSR count). The number of rotatable bonds is 12. The van der Waals surface area contributed by atoms with Crippen LogP contribution in [-0.4, -0.2) is 60.7 Å². The molecule has 196 valence electrons. The summed E-state index contributed by atoms with van der Waals surface area (Å²) in [5.74, 6) is 0.585. The molecule has 0 aliphatic carbocycles. The van der Waals surface area contributed by atoms with Gasteiger partial charge in [0, 0.05) is 32.6 Å². The number of likely N-dealkylation sites (tertiary alicyclic amines) is 1. The van der Waals surface area contributed by atoms with Gasteiger partial charge in [0.15, 0.2) is 0 Å². The van der Waals surface area contributed by atoms with Gasteiger partial charge >= 0.3 is 0 Å². The summed E-state index contributed by atoms with van der Waals surface area (Å²) in [6.45, 7) is 6.07. The van der Waals surface area contributed by atoms with Crippen molar-refractivity contribution in [3.8, 4) is 5.75 Å². The van der Waals surface area contributed by atoms with Gasteiger partial charge in [-0.2, -0.15) is 0 Å². The molecule has 36 heavy (non-hydrogen) atoms. The first-order valence-electron chi connectivity index (χ1n) is 12.9. The number of hydrogen-bond acceptors (Lipinski definition) is 5. The lowest BCUT2D eigenvalue weighted by atomic mass is 9.86. The van der Waals surface area contributed by atoms with Crippen LogP contribution in [0.15, 0.2) is 54.6 Å². The van der Waals surface area contributed by atoms with Crippen LogP contribution in [0.4, 0.5) is 0 Å². The number of nitrogens with one attached hydrogen (secondary N) is 2. The van der Waals surface area contributed by atoms with E-state index >= 15 is 0 Å². The molecule has 2 aromatic carbocycles. The Bertz CT molecular complexity index is 973. The monoisotopic (exact) mass is 495 g/mol. The molecule has 1 heterocycles. The molecule has 1 saturated heterocycles. The fourth-order valence-corrected chi connectivity index (χ4v) is 4.70. The molecule has 0 unspecified atom stereocenters. The number of amides is 2. The Labute approximate surface area is 215 Å². The number of ether oxygens (including phenoxy) is 1. The van der Waals surface area contributed by atoms with Gasteiger partial charge in [0.1, 0.15) is 5.75 Å². The Kier molecular flexibility index (Phi) is 10.3. The predicted octanol–water partition coefficient (Wildman–Crippen LogP) is 3.30. The van der Waals surface area contributed by atoms with Crippen LogP contribution in [0.2, 0.25) is 0 Å². The van der Waals surface area contributed by atoms with Gasteiger partial charge in [-0.3, -0.25) is 9.59 Å². The van der Waals surface area contributed by atoms with Crippen molar-refractivity contribution < 1.29 is 19.4 Å². The number of nitrogens with zero attached hydrogens (tertiary/aromatic N) is 1. The zero-order chi connectivity index (χ0) is 26.0. The molecular formula is C29H41N3O4. The number of piperidine rings is 1. The van der Waals surface area contributed by atoms with E-state index in [1.54, 1.807) is 7.11 Å². The van der Waals surface area contributed by atoms with E-state index in [9.17, 15) is 14.7 Å². The Balaban J connectivity index is 1.60. The second kappa shape index (κ2) is 13.4. The van der Waals surface area contributed by atoms with E-state index < -0.39 is 17.6 Å². The van der Waals surface area contributed by atoms with Crippen molar-refractivity contribution in [2.24, 2.45) is 5.41 Å². The van der Waals surface area contributed by atoms with Crippen LogP contribution in [0.5, 0.6) is 5.75 Å². The zero-order valence-corrected chi connectivity index (χ0v) is 21.8. The molecule has 0 aromatic heterocycles. The highest BCUT2D eigenvalue weighted by Crippen LogP contribution is 2.26. The first kappa shape index (κ1) is 27.7. The maximum absolute atomic E-state index is 13.1. The number of carbonyl (C=O) groups is 2. The standard InChI is InChI=1S/C29H41N3O4/c1-29(2,28(35)32-15-8-5-9-16-32)19-27(34)31-25(18-22-11-6-4-7-12-22)26(33)21-30-20-23-13-10-14-24(17-23)36-3/h4,6-7,10-14,17,25-26,30,33H,5,8-9,15-16,18-21H2,1-3H3,(H,31,34)/t25-,26-/m0/s1. The number of methoxy groups -OCH3 is 1. The van der Waals surface area contributed by atoms with Crippen molar-refractivity contribution in [3.63, 3.8) is 0 Å². The van der Waals surface area contributed by atoms with Crippen LogP contribution in [0.25, 0.3) is 0 Å². The van der Waals surface area contributed by atoms with Crippen molar-refractivity contribution in [1.29, 1.82) is 0 Å². The van der Waals surface area contributed by atoms with E-state index in [2.05, 4.69) is 10.6 Å². The van der Waals surface area contributed by atoms with Gasteiger partial charge in [-0.15, -0.1) is 0 Å². The predicted molar refractivity (Wildman–Crippen MR) is 142 cm³/mol. The van der Waals surface area contributed by atoms with Crippen molar-refractivity contribution in [2.45, 2.75) is 64.6 Å². The average Bonchev–Trinajstić information content (AvgIpc) is 2.88. The summed E-state index contributed by atoms with van der Waals surface area (Å²) in [6.07, 6.45) is 2.95. The summed E-state index contributed by atoms with van der Waals surface area (Å²) >= 11 is 0. The van der Waals surface area contributed by atoms with Gasteiger partial charge in [0.05, 0.1) is 24.7 Å². The third kappa shape index (κ3) is 8.35. The quantitative estimate of drug-likeness (QED) is 0.420. The number of hydrogen-bond donors (Lipinski definition) is 3. The van der Waals surface area contributed by atoms with Crippen molar-refractivity contribution in [1.82, 2.24) is 15.5 Å². The highest BCUT2D eigenvalue weighted by atomic mass is 16.5. The Morgan fingerprint density at radius 2 is 1.72 bits per heavy atom. The van der Waals surface area contributed by atoms with Gasteiger partial charge in [-0.25, -0.2) is 0 Å². The largest absolute Gasteiger partial charge is 0.497 e. The molecule has 1 fully saturated rings. The lowest BCUT2D eigenvalue weighted by Crippen LogP contribution is -2.51. The lowest BCUT2D eigenvalue weighted by molar-refractivity contribution is -0.144. The van der Waals surface area contributed by atoms with Crippen LogP contribution in [-0.2, 0) is 22.6 Å². The van der Waals surface area contributed by atoms with E-state index in [-0.39, 0.29) is 18.2 Å². The molecule has 1 aliphatic rings. The van der Waals surface area contributed by atoms with Gasteiger partial charge in [-0.05, 0) is 48.9 Å². The third-order valence-corrected chi connectivity index (χ3v) is 6.75. The first-order chi connectivity index (χ1) is 17.3. The van der Waals surface area contributed by atoms with Crippen LogP contribution >= 0.6 is 0 Å². The van der Waals surface area contributed by atoms with Gasteiger partial charge < -0.3 is 25.4 Å². The van der Waals surface area contributed by atoms with Crippen molar-refractivity contribution in [3.05, 3.63) is 65.7 Å². The van der Waals surface area contributed by atoms with E-state index in [4.69, 9.17) is 4.74 Å². The van der Waals surface area contributed by atoms with Gasteiger partial charge in [-0.1, -0.05) is 56.3 Å². The molecule has 2 amide bonds. The summed E-state index contributed by atoms with van der Waals surface area (Å²) < 4.78 is 5.27. The Morgan fingerprint density at radius 3 is 2.42 bits per heavy atom. The topological polar surface area (TPSA) is 90.9 Å². The number of aliphatic hydroxyl groups excluding tert-OH is 1. The van der Waals surface area contributed by atoms with Gasteiger partial charge in [0.2, 0.25) is 11.8 Å². The maximum Gasteiger partial charge on any atom is 0.228 e. The fourth-order valence-electron chi connectivity index (χ4n) is 4.70. The fraction of sp³-hybridized carbons (Fsp3) is 0.517. The molecule has 0 radical (unpaired) electrons. The van der Waals surface area contributed by atoms with E-state index in [1.807, 2.05) is 73.3 Å². The molecule has 2 aromatic rings. The second-order valence-corrected chi connectivity index (χ2v) is 10.3. The molecule has 1 aliphatic heterocycles. The molecule has 0 spiro atoms. The molecule has 2 atom stereocenters. The molecule has 7 nitrogen and oxygen atoms in total. The summed E-state index contributed by atoms with van der Waals surface area (Å²) in [5, 5.41) is 17.3. The van der Waals surface area contributed by atoms with Gasteiger partial charge in [0.25, 0.3) is 0 Å². The smallest absolute Gasteiger partial charge is 0.228 e. The average molecular weight is 496 g/mol. The number of aliphatic hydroxyl groups is 1. The molecule has 3 N–H and O–H groups in total. The summed E-state index contributed by atoms with van der Waals surface area (Å²) in [4.78, 5) is 28.0. The summed E-state index contributed by atoms with van der Waals surface area (Å²) in [6, 6.07) is 17.1. The second-order valence-electron chi connectivity index (χ2n) is 10.3. The van der Waals surface area contributed by atoms with E-state index in [1.165, 1.54) is 0 Å². The van der Waals surface area contributed by atoms with Crippen molar-refractivity contribution >= 4 is 11.8 Å². The lowest BCUT2D eigenvalue weighted by Gasteiger charge is -2.34. The molecule has 0 bridgehead atoms. The van der Waals surface area contributed by atoms with Crippen molar-refractivity contribution in [2.75, 3.05) is 26.7 Å². The SMILES string of the molecule is COc1cccc(CNC[C@H](O)[C@H](Cc2ccccc2)NC(=O)CC(C)(C)C(=O)N2CCCCC2)c1. The highest BCUT2D eigenvalue weighted by Gasteiger charge is 2.35. The number of benzene rings is 2. The minimum atomic E-state index is -0.805. The van der Waals surface area contributed by atoms with Crippen LogP contribution in [0, 0.1) is 5.41 Å². The van der Waals surface area contributed by atoms with Crippen LogP contribution in [0.3, 0.4) is 0 Å². The van der Waals surface area contributed by atoms with Crippen LogP contribution in [0.1, 0.15) is 50.7 Å². The Hall–Kier alpha value is -2.90. The van der Waals surface area contributed by atoms with Crippen LogP contribution < -0.4 is 15.4 Å². The third-order valence-electron chi connectivity index (χ3n) is 6.75. The van der Waals surface area contributed by atoms with E-state index in [0.29, 0.717) is 19.5 Å². The minimum Gasteiger partial charge on any atom is -0.497 e. The number of carbonyl (C=O) groups excluding carboxylic acids is 2. The summed E-state index contributed by atoms with van der Waals surface area (Å²) in [5.41, 5.74) is 1.27.